The highest BCUT2D eigenvalue weighted by Gasteiger charge is 2.15. The molecule has 1 fully saturated rings. The van der Waals surface area contributed by atoms with Crippen LogP contribution in [-0.2, 0) is 0 Å². The van der Waals surface area contributed by atoms with Gasteiger partial charge < -0.3 is 0 Å². The van der Waals surface area contributed by atoms with E-state index in [0.717, 1.165) is 22.6 Å². The van der Waals surface area contributed by atoms with Crippen LogP contribution >= 0.6 is 0 Å². The molecule has 1 saturated carbocycles. The van der Waals surface area contributed by atoms with Crippen molar-refractivity contribution in [1.82, 2.24) is 9.97 Å². The number of aromatic nitrogens is 2. The molecule has 1 heterocycles. The van der Waals surface area contributed by atoms with E-state index < -0.39 is 0 Å². The van der Waals surface area contributed by atoms with Gasteiger partial charge in [0, 0.05) is 11.6 Å². The van der Waals surface area contributed by atoms with Gasteiger partial charge in [-0.05, 0) is 37.3 Å². The molecule has 17 heavy (non-hydrogen) atoms. The standard InChI is InChI=1S/C15H18N2/c1-11-16-10-14-8-7-13(9-15(14)17-11)12-5-3-2-4-6-12/h7-10,12H,2-6H2,1H3. The van der Waals surface area contributed by atoms with Crippen molar-refractivity contribution in [3.05, 3.63) is 35.8 Å². The Balaban J connectivity index is 1.99. The maximum Gasteiger partial charge on any atom is 0.125 e. The predicted octanol–water partition coefficient (Wildman–Crippen LogP) is 3.99. The quantitative estimate of drug-likeness (QED) is 0.735. The lowest BCUT2D eigenvalue weighted by atomic mass is 9.84. The molecule has 0 radical (unpaired) electrons. The Kier molecular flexibility index (Phi) is 2.79. The van der Waals surface area contributed by atoms with Crippen LogP contribution in [0.2, 0.25) is 0 Å². The topological polar surface area (TPSA) is 25.8 Å². The molecular formula is C15H18N2. The Morgan fingerprint density at radius 3 is 2.76 bits per heavy atom. The van der Waals surface area contributed by atoms with Crippen molar-refractivity contribution in [2.45, 2.75) is 44.9 Å². The molecule has 0 saturated heterocycles. The average molecular weight is 226 g/mol. The molecule has 88 valence electrons. The maximum atomic E-state index is 4.52. The summed E-state index contributed by atoms with van der Waals surface area (Å²) in [6.45, 7) is 1.95. The molecule has 0 atom stereocenters. The normalized spacial score (nSPS) is 17.5. The first-order chi connectivity index (χ1) is 8.33. The minimum absolute atomic E-state index is 0.753. The molecule has 0 spiro atoms. The van der Waals surface area contributed by atoms with Crippen LogP contribution in [0, 0.1) is 6.92 Å². The number of hydrogen-bond donors (Lipinski definition) is 0. The number of aryl methyl sites for hydroxylation is 1. The van der Waals surface area contributed by atoms with Gasteiger partial charge in [-0.15, -0.1) is 0 Å². The number of benzene rings is 1. The number of rotatable bonds is 1. The molecule has 3 rings (SSSR count). The van der Waals surface area contributed by atoms with Gasteiger partial charge in [0.2, 0.25) is 0 Å². The van der Waals surface area contributed by atoms with Gasteiger partial charge in [0.1, 0.15) is 5.82 Å². The molecule has 2 nitrogen and oxygen atoms in total. The monoisotopic (exact) mass is 226 g/mol. The highest BCUT2D eigenvalue weighted by molar-refractivity contribution is 5.78. The van der Waals surface area contributed by atoms with E-state index in [9.17, 15) is 0 Å². The third-order valence-corrected chi connectivity index (χ3v) is 3.80. The van der Waals surface area contributed by atoms with Crippen LogP contribution in [0.4, 0.5) is 0 Å². The molecule has 0 unspecified atom stereocenters. The first-order valence-corrected chi connectivity index (χ1v) is 6.56. The zero-order chi connectivity index (χ0) is 11.7. The SMILES string of the molecule is Cc1ncc2ccc(C3CCCCC3)cc2n1. The summed E-state index contributed by atoms with van der Waals surface area (Å²) in [5.74, 6) is 1.61. The van der Waals surface area contributed by atoms with E-state index in [1.54, 1.807) is 0 Å². The van der Waals surface area contributed by atoms with Gasteiger partial charge in [0.25, 0.3) is 0 Å². The van der Waals surface area contributed by atoms with E-state index in [0.29, 0.717) is 0 Å². The Bertz CT molecular complexity index is 527. The smallest absolute Gasteiger partial charge is 0.125 e. The Labute approximate surface area is 102 Å². The van der Waals surface area contributed by atoms with Crippen molar-refractivity contribution in [3.63, 3.8) is 0 Å². The molecule has 2 heteroatoms. The first-order valence-electron chi connectivity index (χ1n) is 6.56. The van der Waals surface area contributed by atoms with Crippen LogP contribution in [0.25, 0.3) is 10.9 Å². The van der Waals surface area contributed by atoms with E-state index >= 15 is 0 Å². The van der Waals surface area contributed by atoms with Gasteiger partial charge in [-0.1, -0.05) is 31.4 Å². The van der Waals surface area contributed by atoms with Crippen molar-refractivity contribution >= 4 is 10.9 Å². The molecule has 1 aliphatic carbocycles. The Hall–Kier alpha value is -1.44. The van der Waals surface area contributed by atoms with Crippen LogP contribution < -0.4 is 0 Å². The number of hydrogen-bond acceptors (Lipinski definition) is 2. The summed E-state index contributed by atoms with van der Waals surface area (Å²) in [5, 5.41) is 1.15. The third kappa shape index (κ3) is 2.17. The van der Waals surface area contributed by atoms with Crippen molar-refractivity contribution in [2.75, 3.05) is 0 Å². The van der Waals surface area contributed by atoms with E-state index in [4.69, 9.17) is 0 Å². The molecule has 0 amide bonds. The first kappa shape index (κ1) is 10.7. The molecule has 0 N–H and O–H groups in total. The van der Waals surface area contributed by atoms with Gasteiger partial charge in [-0.2, -0.15) is 0 Å². The summed E-state index contributed by atoms with van der Waals surface area (Å²) in [5.41, 5.74) is 2.57. The van der Waals surface area contributed by atoms with Crippen LogP contribution in [0.15, 0.2) is 24.4 Å². The second kappa shape index (κ2) is 4.44. The summed E-state index contributed by atoms with van der Waals surface area (Å²) >= 11 is 0. The molecule has 1 aromatic heterocycles. The fourth-order valence-corrected chi connectivity index (χ4v) is 2.82. The van der Waals surface area contributed by atoms with Gasteiger partial charge in [-0.3, -0.25) is 0 Å². The zero-order valence-electron chi connectivity index (χ0n) is 10.3. The van der Waals surface area contributed by atoms with Crippen molar-refractivity contribution in [1.29, 1.82) is 0 Å². The highest BCUT2D eigenvalue weighted by atomic mass is 14.9. The van der Waals surface area contributed by atoms with Gasteiger partial charge in [-0.25, -0.2) is 9.97 Å². The largest absolute Gasteiger partial charge is 0.241 e. The van der Waals surface area contributed by atoms with Crippen LogP contribution in [-0.4, -0.2) is 9.97 Å². The molecule has 0 aliphatic heterocycles. The molecule has 2 aromatic rings. The third-order valence-electron chi connectivity index (χ3n) is 3.80. The van der Waals surface area contributed by atoms with Crippen LogP contribution in [0.3, 0.4) is 0 Å². The second-order valence-corrected chi connectivity index (χ2v) is 5.07. The summed E-state index contributed by atoms with van der Waals surface area (Å²) in [7, 11) is 0. The summed E-state index contributed by atoms with van der Waals surface area (Å²) in [6.07, 6.45) is 8.77. The lowest BCUT2D eigenvalue weighted by Crippen LogP contribution is -2.04. The zero-order valence-corrected chi connectivity index (χ0v) is 10.3. The van der Waals surface area contributed by atoms with Crippen LogP contribution in [0.1, 0.15) is 49.4 Å². The molecule has 0 bridgehead atoms. The molecular weight excluding hydrogens is 208 g/mol. The number of nitrogens with zero attached hydrogens (tertiary/aromatic N) is 2. The van der Waals surface area contributed by atoms with Crippen molar-refractivity contribution < 1.29 is 0 Å². The molecule has 1 aromatic carbocycles. The lowest BCUT2D eigenvalue weighted by Gasteiger charge is -2.22. The minimum Gasteiger partial charge on any atom is -0.241 e. The Morgan fingerprint density at radius 1 is 1.12 bits per heavy atom. The van der Waals surface area contributed by atoms with Crippen molar-refractivity contribution in [2.24, 2.45) is 0 Å². The number of fused-ring (bicyclic) bond motifs is 1. The van der Waals surface area contributed by atoms with Gasteiger partial charge >= 0.3 is 0 Å². The second-order valence-electron chi connectivity index (χ2n) is 5.07. The van der Waals surface area contributed by atoms with E-state index in [1.807, 2.05) is 13.1 Å². The van der Waals surface area contributed by atoms with Crippen LogP contribution in [0.5, 0.6) is 0 Å². The average Bonchev–Trinajstić information content (AvgIpc) is 2.39. The van der Waals surface area contributed by atoms with E-state index in [-0.39, 0.29) is 0 Å². The minimum atomic E-state index is 0.753. The van der Waals surface area contributed by atoms with E-state index in [1.165, 1.54) is 37.7 Å². The summed E-state index contributed by atoms with van der Waals surface area (Å²) in [4.78, 5) is 8.76. The fraction of sp³-hybridized carbons (Fsp3) is 0.467. The predicted molar refractivity (Wildman–Crippen MR) is 70.1 cm³/mol. The summed E-state index contributed by atoms with van der Waals surface area (Å²) in [6, 6.07) is 6.69. The maximum absolute atomic E-state index is 4.52. The lowest BCUT2D eigenvalue weighted by molar-refractivity contribution is 0.444. The molecule has 1 aliphatic rings. The highest BCUT2D eigenvalue weighted by Crippen LogP contribution is 2.33. The Morgan fingerprint density at radius 2 is 1.94 bits per heavy atom. The van der Waals surface area contributed by atoms with Crippen molar-refractivity contribution in [3.8, 4) is 0 Å². The van der Waals surface area contributed by atoms with Gasteiger partial charge in [0.15, 0.2) is 0 Å². The van der Waals surface area contributed by atoms with E-state index in [2.05, 4.69) is 28.2 Å². The fourth-order valence-electron chi connectivity index (χ4n) is 2.82. The summed E-state index contributed by atoms with van der Waals surface area (Å²) < 4.78 is 0. The van der Waals surface area contributed by atoms with Gasteiger partial charge in [0.05, 0.1) is 5.52 Å².